The third kappa shape index (κ3) is 2.38. The van der Waals surface area contributed by atoms with Crippen molar-refractivity contribution >= 4 is 5.78 Å². The van der Waals surface area contributed by atoms with Gasteiger partial charge < -0.3 is 14.2 Å². The van der Waals surface area contributed by atoms with Gasteiger partial charge in [-0.05, 0) is 31.2 Å². The number of carbonyl (C=O) groups excluding carboxylic acids is 1. The Hall–Kier alpha value is -2.49. The van der Waals surface area contributed by atoms with E-state index < -0.39 is 0 Å². The van der Waals surface area contributed by atoms with Crippen LogP contribution in [0.2, 0.25) is 0 Å². The van der Waals surface area contributed by atoms with Gasteiger partial charge in [-0.25, -0.2) is 0 Å². The highest BCUT2D eigenvalue weighted by Crippen LogP contribution is 2.36. The van der Waals surface area contributed by atoms with Gasteiger partial charge in [-0.1, -0.05) is 12.1 Å². The number of fused-ring (bicyclic) bond motifs is 1. The Morgan fingerprint density at radius 2 is 1.84 bits per heavy atom. The number of rotatable bonds is 3. The summed E-state index contributed by atoms with van der Waals surface area (Å²) in [7, 11) is 0. The molecule has 0 amide bonds. The number of benzene rings is 2. The Balaban J connectivity index is 1.85. The van der Waals surface area contributed by atoms with Crippen LogP contribution in [0.15, 0.2) is 42.5 Å². The van der Waals surface area contributed by atoms with E-state index >= 15 is 0 Å². The van der Waals surface area contributed by atoms with Crippen LogP contribution in [0, 0.1) is 0 Å². The molecule has 4 heteroatoms. The molecule has 0 aliphatic carbocycles. The van der Waals surface area contributed by atoms with Crippen LogP contribution in [0.3, 0.4) is 0 Å². The van der Waals surface area contributed by atoms with Gasteiger partial charge >= 0.3 is 0 Å². The van der Waals surface area contributed by atoms with E-state index in [0.29, 0.717) is 28.6 Å². The maximum Gasteiger partial charge on any atom is 0.231 e. The van der Waals surface area contributed by atoms with Crippen molar-refractivity contribution in [1.29, 1.82) is 0 Å². The third-order valence-electron chi connectivity index (χ3n) is 2.82. The van der Waals surface area contributed by atoms with E-state index in [1.807, 2.05) is 0 Å². The van der Waals surface area contributed by atoms with Crippen molar-refractivity contribution in [2.45, 2.75) is 6.92 Å². The minimum absolute atomic E-state index is 0.0103. The molecule has 0 saturated carbocycles. The molecule has 0 aromatic heterocycles. The predicted molar refractivity (Wildman–Crippen MR) is 69.1 cm³/mol. The van der Waals surface area contributed by atoms with Gasteiger partial charge in [-0.2, -0.15) is 0 Å². The summed E-state index contributed by atoms with van der Waals surface area (Å²) < 4.78 is 16.2. The molecule has 0 unspecified atom stereocenters. The molecular weight excluding hydrogens is 244 g/mol. The molecule has 2 aromatic carbocycles. The molecule has 3 rings (SSSR count). The zero-order valence-electron chi connectivity index (χ0n) is 10.4. The molecule has 0 radical (unpaired) electrons. The summed E-state index contributed by atoms with van der Waals surface area (Å²) in [6.45, 7) is 1.76. The van der Waals surface area contributed by atoms with E-state index in [1.54, 1.807) is 42.5 Å². The van der Waals surface area contributed by atoms with Crippen LogP contribution in [0.5, 0.6) is 23.0 Å². The summed E-state index contributed by atoms with van der Waals surface area (Å²) in [5.74, 6) is 2.65. The molecule has 0 saturated heterocycles. The molecule has 0 spiro atoms. The molecule has 0 N–H and O–H groups in total. The lowest BCUT2D eigenvalue weighted by Gasteiger charge is -2.07. The molecule has 0 fully saturated rings. The average molecular weight is 256 g/mol. The van der Waals surface area contributed by atoms with E-state index in [-0.39, 0.29) is 12.6 Å². The quantitative estimate of drug-likeness (QED) is 0.789. The molecule has 2 aromatic rings. The Morgan fingerprint density at radius 1 is 1.05 bits per heavy atom. The van der Waals surface area contributed by atoms with Crippen LogP contribution in [0.4, 0.5) is 0 Å². The highest BCUT2D eigenvalue weighted by atomic mass is 16.7. The zero-order valence-corrected chi connectivity index (χ0v) is 10.4. The van der Waals surface area contributed by atoms with Crippen molar-refractivity contribution in [3.05, 3.63) is 48.0 Å². The Labute approximate surface area is 110 Å². The maximum atomic E-state index is 11.3. The summed E-state index contributed by atoms with van der Waals surface area (Å²) in [6, 6.07) is 12.4. The van der Waals surface area contributed by atoms with Crippen molar-refractivity contribution in [3.63, 3.8) is 0 Å². The SMILES string of the molecule is CC(=O)c1cccc(Oc2ccc3c(c2)OCO3)c1. The van der Waals surface area contributed by atoms with Crippen LogP contribution in [0.1, 0.15) is 17.3 Å². The summed E-state index contributed by atoms with van der Waals surface area (Å²) in [5, 5.41) is 0. The van der Waals surface area contributed by atoms with Crippen molar-refractivity contribution < 1.29 is 19.0 Å². The predicted octanol–water partition coefficient (Wildman–Crippen LogP) is 3.41. The summed E-state index contributed by atoms with van der Waals surface area (Å²) in [6.07, 6.45) is 0. The normalized spacial score (nSPS) is 12.3. The first kappa shape index (κ1) is 11.6. The van der Waals surface area contributed by atoms with E-state index in [9.17, 15) is 4.79 Å². The van der Waals surface area contributed by atoms with Crippen LogP contribution < -0.4 is 14.2 Å². The second-order valence-electron chi connectivity index (χ2n) is 4.20. The van der Waals surface area contributed by atoms with E-state index in [0.717, 1.165) is 0 Å². The minimum Gasteiger partial charge on any atom is -0.457 e. The lowest BCUT2D eigenvalue weighted by molar-refractivity contribution is 0.101. The smallest absolute Gasteiger partial charge is 0.231 e. The highest BCUT2D eigenvalue weighted by Gasteiger charge is 2.14. The monoisotopic (exact) mass is 256 g/mol. The molecule has 19 heavy (non-hydrogen) atoms. The van der Waals surface area contributed by atoms with Crippen molar-refractivity contribution in [2.75, 3.05) is 6.79 Å². The van der Waals surface area contributed by atoms with Gasteiger partial charge in [-0.3, -0.25) is 4.79 Å². The number of hydrogen-bond acceptors (Lipinski definition) is 4. The third-order valence-corrected chi connectivity index (χ3v) is 2.82. The van der Waals surface area contributed by atoms with Crippen molar-refractivity contribution in [3.8, 4) is 23.0 Å². The average Bonchev–Trinajstić information content (AvgIpc) is 2.86. The molecule has 0 atom stereocenters. The molecule has 1 aliphatic heterocycles. The van der Waals surface area contributed by atoms with E-state index in [4.69, 9.17) is 14.2 Å². The summed E-state index contributed by atoms with van der Waals surface area (Å²) in [4.78, 5) is 11.3. The van der Waals surface area contributed by atoms with Crippen LogP contribution in [0.25, 0.3) is 0 Å². The van der Waals surface area contributed by atoms with Gasteiger partial charge in [0.15, 0.2) is 17.3 Å². The maximum absolute atomic E-state index is 11.3. The molecular formula is C15H12O4. The van der Waals surface area contributed by atoms with Gasteiger partial charge in [0, 0.05) is 11.6 Å². The van der Waals surface area contributed by atoms with Crippen molar-refractivity contribution in [1.82, 2.24) is 0 Å². The van der Waals surface area contributed by atoms with E-state index in [2.05, 4.69) is 0 Å². The second-order valence-corrected chi connectivity index (χ2v) is 4.20. The highest BCUT2D eigenvalue weighted by molar-refractivity contribution is 5.94. The van der Waals surface area contributed by atoms with Gasteiger partial charge in [0.2, 0.25) is 6.79 Å². The van der Waals surface area contributed by atoms with Crippen molar-refractivity contribution in [2.24, 2.45) is 0 Å². The first-order chi connectivity index (χ1) is 9.22. The number of Topliss-reactive ketones (excluding diaryl/α,β-unsaturated/α-hetero) is 1. The zero-order chi connectivity index (χ0) is 13.2. The van der Waals surface area contributed by atoms with Gasteiger partial charge in [0.1, 0.15) is 11.5 Å². The molecule has 1 aliphatic rings. The number of ketones is 1. The van der Waals surface area contributed by atoms with Crippen LogP contribution >= 0.6 is 0 Å². The summed E-state index contributed by atoms with van der Waals surface area (Å²) >= 11 is 0. The topological polar surface area (TPSA) is 44.8 Å². The lowest BCUT2D eigenvalue weighted by atomic mass is 10.1. The molecule has 96 valence electrons. The largest absolute Gasteiger partial charge is 0.457 e. The van der Waals surface area contributed by atoms with Gasteiger partial charge in [-0.15, -0.1) is 0 Å². The van der Waals surface area contributed by atoms with Gasteiger partial charge in [0.25, 0.3) is 0 Å². The van der Waals surface area contributed by atoms with Crippen LogP contribution in [-0.2, 0) is 0 Å². The fourth-order valence-electron chi connectivity index (χ4n) is 1.86. The minimum atomic E-state index is 0.0103. The van der Waals surface area contributed by atoms with Crippen LogP contribution in [-0.4, -0.2) is 12.6 Å². The first-order valence-corrected chi connectivity index (χ1v) is 5.91. The fraction of sp³-hybridized carbons (Fsp3) is 0.133. The first-order valence-electron chi connectivity index (χ1n) is 5.91. The number of hydrogen-bond donors (Lipinski definition) is 0. The van der Waals surface area contributed by atoms with E-state index in [1.165, 1.54) is 6.92 Å². The number of ether oxygens (including phenoxy) is 3. The Bertz CT molecular complexity index is 634. The Kier molecular flexibility index (Phi) is 2.83. The lowest BCUT2D eigenvalue weighted by Crippen LogP contribution is -1.93. The van der Waals surface area contributed by atoms with Gasteiger partial charge in [0.05, 0.1) is 0 Å². The summed E-state index contributed by atoms with van der Waals surface area (Å²) in [5.41, 5.74) is 0.623. The fourth-order valence-corrected chi connectivity index (χ4v) is 1.86. The standard InChI is InChI=1S/C15H12O4/c1-10(16)11-3-2-4-12(7-11)19-13-5-6-14-15(8-13)18-9-17-14/h2-8H,9H2,1H3. The molecule has 0 bridgehead atoms. The molecule has 4 nitrogen and oxygen atoms in total. The number of carbonyl (C=O) groups is 1. The molecule has 1 heterocycles. The Morgan fingerprint density at radius 3 is 2.68 bits per heavy atom. The second kappa shape index (κ2) is 4.65.